The van der Waals surface area contributed by atoms with Crippen molar-refractivity contribution >= 4 is 23.5 Å². The number of nitrogens with one attached hydrogen (secondary N) is 1. The predicted molar refractivity (Wildman–Crippen MR) is 119 cm³/mol. The van der Waals surface area contributed by atoms with Crippen LogP contribution in [0.5, 0.6) is 0 Å². The molecule has 0 atom stereocenters. The molecule has 1 N–H and O–H groups in total. The topological polar surface area (TPSA) is 102 Å². The minimum absolute atomic E-state index is 0.163. The van der Waals surface area contributed by atoms with E-state index in [0.29, 0.717) is 40.7 Å². The molecule has 3 aromatic rings. The lowest BCUT2D eigenvalue weighted by Crippen LogP contribution is -2.20. The summed E-state index contributed by atoms with van der Waals surface area (Å²) in [5.41, 5.74) is 2.55. The minimum Gasteiger partial charge on any atom is -0.461 e. The second-order valence-corrected chi connectivity index (χ2v) is 8.66. The molecular weight excluding hydrogens is 412 g/mol. The lowest BCUT2D eigenvalue weighted by molar-refractivity contribution is -0.113. The third-order valence-corrected chi connectivity index (χ3v) is 6.89. The summed E-state index contributed by atoms with van der Waals surface area (Å²) in [7, 11) is 0. The number of anilines is 1. The number of nitriles is 1. The number of carbonyl (C=O) groups excluding carboxylic acids is 1. The summed E-state index contributed by atoms with van der Waals surface area (Å²) >= 11 is 1.32. The van der Waals surface area contributed by atoms with Crippen LogP contribution in [0.25, 0.3) is 11.6 Å². The van der Waals surface area contributed by atoms with Crippen molar-refractivity contribution in [1.29, 1.82) is 5.26 Å². The summed E-state index contributed by atoms with van der Waals surface area (Å²) in [4.78, 5) is 12.8. The summed E-state index contributed by atoms with van der Waals surface area (Å²) in [6, 6.07) is 6.26. The number of carbonyl (C=O) groups is 1. The second-order valence-electron chi connectivity index (χ2n) is 7.72. The largest absolute Gasteiger partial charge is 0.461 e. The number of aromatic nitrogens is 4. The summed E-state index contributed by atoms with van der Waals surface area (Å²) in [6.45, 7) is 6.63. The molecule has 1 aliphatic carbocycles. The molecule has 8 nitrogen and oxygen atoms in total. The smallest absolute Gasteiger partial charge is 0.235 e. The molecule has 1 amide bonds. The van der Waals surface area contributed by atoms with Crippen molar-refractivity contribution < 1.29 is 9.21 Å². The Hall–Kier alpha value is -2.99. The van der Waals surface area contributed by atoms with Crippen LogP contribution >= 0.6 is 11.8 Å². The predicted octanol–water partition coefficient (Wildman–Crippen LogP) is 4.69. The average molecular weight is 439 g/mol. The summed E-state index contributed by atoms with van der Waals surface area (Å²) in [5.74, 6) is 1.93. The summed E-state index contributed by atoms with van der Waals surface area (Å²) in [6.07, 6.45) is 6.11. The van der Waals surface area contributed by atoms with Crippen LogP contribution in [0.2, 0.25) is 0 Å². The molecule has 0 spiro atoms. The highest BCUT2D eigenvalue weighted by molar-refractivity contribution is 7.99. The lowest BCUT2D eigenvalue weighted by Gasteiger charge is -2.19. The number of furan rings is 1. The highest BCUT2D eigenvalue weighted by atomic mass is 32.2. The van der Waals surface area contributed by atoms with Crippen molar-refractivity contribution in [2.24, 2.45) is 0 Å². The van der Waals surface area contributed by atoms with Crippen LogP contribution in [0.4, 0.5) is 5.82 Å². The third-order valence-electron chi connectivity index (χ3n) is 5.92. The molecule has 1 saturated carbocycles. The molecule has 9 heteroatoms. The molecule has 0 aliphatic heterocycles. The molecule has 0 aromatic carbocycles. The fourth-order valence-electron chi connectivity index (χ4n) is 4.27. The molecule has 0 saturated heterocycles. The number of hydrogen-bond donors (Lipinski definition) is 1. The zero-order valence-corrected chi connectivity index (χ0v) is 18.8. The van der Waals surface area contributed by atoms with Gasteiger partial charge in [0, 0.05) is 18.3 Å². The van der Waals surface area contributed by atoms with Crippen molar-refractivity contribution in [1.82, 2.24) is 19.3 Å². The molecule has 3 aromatic heterocycles. The van der Waals surface area contributed by atoms with Gasteiger partial charge < -0.3 is 14.3 Å². The molecule has 1 fully saturated rings. The Morgan fingerprint density at radius 3 is 2.77 bits per heavy atom. The maximum Gasteiger partial charge on any atom is 0.235 e. The van der Waals surface area contributed by atoms with Gasteiger partial charge >= 0.3 is 0 Å². The Morgan fingerprint density at radius 2 is 2.13 bits per heavy atom. The molecule has 162 valence electrons. The van der Waals surface area contributed by atoms with Gasteiger partial charge in [0.2, 0.25) is 5.91 Å². The van der Waals surface area contributed by atoms with E-state index in [2.05, 4.69) is 26.2 Å². The third kappa shape index (κ3) is 4.00. The standard InChI is InChI=1S/C22H26N6O2S/c1-4-27-21(18-10-7-11-30-18)25-26-22(27)31-13-19(29)24-20-17(12-23)14(2)15(3)28(20)16-8-5-6-9-16/h7,10-11,16H,4-6,8-9,13H2,1-3H3,(H,24,29). The summed E-state index contributed by atoms with van der Waals surface area (Å²) in [5, 5.41) is 21.8. The van der Waals surface area contributed by atoms with E-state index in [1.807, 2.05) is 31.4 Å². The molecule has 3 heterocycles. The van der Waals surface area contributed by atoms with Crippen molar-refractivity contribution in [3.8, 4) is 17.7 Å². The van der Waals surface area contributed by atoms with Crippen LogP contribution in [0.15, 0.2) is 28.0 Å². The van der Waals surface area contributed by atoms with E-state index in [1.165, 1.54) is 24.6 Å². The van der Waals surface area contributed by atoms with E-state index in [1.54, 1.807) is 12.3 Å². The molecular formula is C22H26N6O2S. The normalized spacial score (nSPS) is 14.1. The first-order chi connectivity index (χ1) is 15.0. The van der Waals surface area contributed by atoms with E-state index in [-0.39, 0.29) is 11.7 Å². The van der Waals surface area contributed by atoms with Gasteiger partial charge in [-0.2, -0.15) is 5.26 Å². The lowest BCUT2D eigenvalue weighted by atomic mass is 10.2. The second kappa shape index (κ2) is 9.02. The van der Waals surface area contributed by atoms with Crippen LogP contribution in [0.1, 0.15) is 55.5 Å². The number of amides is 1. The maximum absolute atomic E-state index is 12.8. The van der Waals surface area contributed by atoms with Gasteiger partial charge in [-0.15, -0.1) is 10.2 Å². The molecule has 31 heavy (non-hydrogen) atoms. The molecule has 0 bridgehead atoms. The van der Waals surface area contributed by atoms with E-state index in [0.717, 1.165) is 24.1 Å². The Morgan fingerprint density at radius 1 is 1.35 bits per heavy atom. The zero-order chi connectivity index (χ0) is 22.0. The van der Waals surface area contributed by atoms with Gasteiger partial charge in [0.1, 0.15) is 11.9 Å². The quantitative estimate of drug-likeness (QED) is 0.537. The van der Waals surface area contributed by atoms with Gasteiger partial charge in [0.25, 0.3) is 0 Å². The Labute approximate surface area is 185 Å². The fraction of sp³-hybridized carbons (Fsp3) is 0.455. The van der Waals surface area contributed by atoms with Crippen molar-refractivity contribution in [2.45, 2.75) is 64.2 Å². The zero-order valence-electron chi connectivity index (χ0n) is 18.0. The Balaban J connectivity index is 1.51. The Bertz CT molecular complexity index is 1120. The molecule has 1 aliphatic rings. The summed E-state index contributed by atoms with van der Waals surface area (Å²) < 4.78 is 9.52. The molecule has 0 unspecified atom stereocenters. The minimum atomic E-state index is -0.163. The number of nitrogens with zero attached hydrogens (tertiary/aromatic N) is 5. The van der Waals surface area contributed by atoms with Gasteiger partial charge in [0.05, 0.1) is 17.6 Å². The van der Waals surface area contributed by atoms with Crippen molar-refractivity contribution in [2.75, 3.05) is 11.1 Å². The van der Waals surface area contributed by atoms with Crippen LogP contribution < -0.4 is 5.32 Å². The number of hydrogen-bond acceptors (Lipinski definition) is 6. The first kappa shape index (κ1) is 21.2. The van der Waals surface area contributed by atoms with Crippen LogP contribution in [0.3, 0.4) is 0 Å². The maximum atomic E-state index is 12.8. The first-order valence-electron chi connectivity index (χ1n) is 10.6. The highest BCUT2D eigenvalue weighted by Gasteiger charge is 2.27. The molecule has 0 radical (unpaired) electrons. The van der Waals surface area contributed by atoms with Gasteiger partial charge in [-0.3, -0.25) is 9.36 Å². The van der Waals surface area contributed by atoms with Crippen molar-refractivity contribution in [3.63, 3.8) is 0 Å². The highest BCUT2D eigenvalue weighted by Crippen LogP contribution is 2.37. The van der Waals surface area contributed by atoms with Gasteiger partial charge in [-0.05, 0) is 51.3 Å². The van der Waals surface area contributed by atoms with E-state index in [9.17, 15) is 10.1 Å². The van der Waals surface area contributed by atoms with Crippen LogP contribution in [-0.2, 0) is 11.3 Å². The van der Waals surface area contributed by atoms with Gasteiger partial charge in [0.15, 0.2) is 16.7 Å². The number of thioether (sulfide) groups is 1. The molecule has 4 rings (SSSR count). The van der Waals surface area contributed by atoms with Crippen molar-refractivity contribution in [3.05, 3.63) is 35.2 Å². The SMILES string of the molecule is CCn1c(SCC(=O)Nc2c(C#N)c(C)c(C)n2C2CCCC2)nnc1-c1ccco1. The Kier molecular flexibility index (Phi) is 6.18. The monoisotopic (exact) mass is 438 g/mol. The van der Waals surface area contributed by atoms with Crippen LogP contribution in [0, 0.1) is 25.2 Å². The van der Waals surface area contributed by atoms with Gasteiger partial charge in [-0.1, -0.05) is 24.6 Å². The van der Waals surface area contributed by atoms with E-state index < -0.39 is 0 Å². The fourth-order valence-corrected chi connectivity index (χ4v) is 5.07. The first-order valence-corrected chi connectivity index (χ1v) is 11.5. The van der Waals surface area contributed by atoms with E-state index >= 15 is 0 Å². The number of rotatable bonds is 7. The average Bonchev–Trinajstić information content (AvgIpc) is 3.55. The van der Waals surface area contributed by atoms with Gasteiger partial charge in [-0.25, -0.2) is 0 Å². The van der Waals surface area contributed by atoms with E-state index in [4.69, 9.17) is 4.42 Å². The van der Waals surface area contributed by atoms with Crippen LogP contribution in [-0.4, -0.2) is 31.0 Å².